The zero-order valence-electron chi connectivity index (χ0n) is 7.36. The number of nitrogens with two attached hydrogens (primary N) is 1. The summed E-state index contributed by atoms with van der Waals surface area (Å²) in [5.41, 5.74) is 2.59. The van der Waals surface area contributed by atoms with Gasteiger partial charge in [0, 0.05) is 13.1 Å². The van der Waals surface area contributed by atoms with Gasteiger partial charge in [0.25, 0.3) is 0 Å². The average molecular weight is 175 g/mol. The summed E-state index contributed by atoms with van der Waals surface area (Å²) < 4.78 is 5.18. The summed E-state index contributed by atoms with van der Waals surface area (Å²) in [5.74, 6) is 5.31. The van der Waals surface area contributed by atoms with Crippen molar-refractivity contribution in [3.8, 4) is 0 Å². The van der Waals surface area contributed by atoms with Crippen molar-refractivity contribution in [2.75, 3.05) is 26.3 Å². The Morgan fingerprint density at radius 3 is 2.50 bits per heavy atom. The van der Waals surface area contributed by atoms with Crippen molar-refractivity contribution in [3.63, 3.8) is 0 Å². The first-order valence-electron chi connectivity index (χ1n) is 4.21. The molecule has 1 aliphatic heterocycles. The third-order valence-corrected chi connectivity index (χ3v) is 2.07. The number of aliphatic hydroxyl groups is 1. The Bertz CT molecular complexity index is 126. The number of hydrazine groups is 1. The Kier molecular flexibility index (Phi) is 3.90. The minimum absolute atomic E-state index is 0.158. The number of aliphatic hydroxyl groups excluding tert-OH is 1. The number of nitrogens with one attached hydrogen (secondary N) is 1. The molecule has 1 rings (SSSR count). The maximum absolute atomic E-state index is 9.34. The summed E-state index contributed by atoms with van der Waals surface area (Å²) in [6.45, 7) is 4.79. The van der Waals surface area contributed by atoms with E-state index in [2.05, 4.69) is 10.3 Å². The van der Waals surface area contributed by atoms with Gasteiger partial charge in [0.1, 0.15) is 0 Å². The summed E-state index contributed by atoms with van der Waals surface area (Å²) >= 11 is 0. The van der Waals surface area contributed by atoms with Gasteiger partial charge in [-0.05, 0) is 6.92 Å². The highest BCUT2D eigenvalue weighted by molar-refractivity contribution is 4.73. The topological polar surface area (TPSA) is 70.8 Å². The summed E-state index contributed by atoms with van der Waals surface area (Å²) in [7, 11) is 0. The van der Waals surface area contributed by atoms with Crippen LogP contribution in [-0.2, 0) is 4.74 Å². The van der Waals surface area contributed by atoms with Crippen LogP contribution in [0.3, 0.4) is 0 Å². The number of rotatable bonds is 3. The summed E-state index contributed by atoms with van der Waals surface area (Å²) in [6, 6.07) is 0. The van der Waals surface area contributed by atoms with Gasteiger partial charge in [0.2, 0.25) is 0 Å². The first-order valence-corrected chi connectivity index (χ1v) is 4.21. The van der Waals surface area contributed by atoms with Gasteiger partial charge >= 0.3 is 0 Å². The molecule has 1 aliphatic rings. The fourth-order valence-corrected chi connectivity index (χ4v) is 1.41. The number of hydrogen-bond acceptors (Lipinski definition) is 5. The molecule has 0 saturated carbocycles. The Balaban J connectivity index is 2.40. The molecule has 0 aromatic carbocycles. The van der Waals surface area contributed by atoms with Crippen molar-refractivity contribution < 1.29 is 9.84 Å². The third-order valence-electron chi connectivity index (χ3n) is 2.07. The van der Waals surface area contributed by atoms with Gasteiger partial charge in [-0.3, -0.25) is 10.7 Å². The molecule has 1 heterocycles. The van der Waals surface area contributed by atoms with Crippen molar-refractivity contribution in [1.29, 1.82) is 0 Å². The van der Waals surface area contributed by atoms with E-state index in [0.717, 1.165) is 13.1 Å². The lowest BCUT2D eigenvalue weighted by Crippen LogP contribution is -2.57. The van der Waals surface area contributed by atoms with E-state index in [4.69, 9.17) is 10.6 Å². The molecule has 12 heavy (non-hydrogen) atoms. The number of ether oxygens (including phenoxy) is 1. The van der Waals surface area contributed by atoms with Gasteiger partial charge in [-0.1, -0.05) is 0 Å². The van der Waals surface area contributed by atoms with Crippen molar-refractivity contribution in [3.05, 3.63) is 0 Å². The lowest BCUT2D eigenvalue weighted by molar-refractivity contribution is -0.0280. The molecule has 0 aromatic rings. The molecule has 4 N–H and O–H groups in total. The molecule has 5 heteroatoms. The second kappa shape index (κ2) is 4.74. The monoisotopic (exact) mass is 175 g/mol. The molecule has 2 atom stereocenters. The molecule has 0 aliphatic carbocycles. The highest BCUT2D eigenvalue weighted by Crippen LogP contribution is 2.04. The molecular formula is C7H17N3O2. The molecule has 1 fully saturated rings. The minimum atomic E-state index is -0.465. The summed E-state index contributed by atoms with van der Waals surface area (Å²) in [6.07, 6.45) is -0.623. The van der Waals surface area contributed by atoms with Crippen LogP contribution in [0.5, 0.6) is 0 Å². The molecule has 72 valence electrons. The molecular weight excluding hydrogens is 158 g/mol. The fraction of sp³-hybridized carbons (Fsp3) is 1.00. The van der Waals surface area contributed by atoms with Gasteiger partial charge in [-0.15, -0.1) is 0 Å². The van der Waals surface area contributed by atoms with Crippen LogP contribution in [0.1, 0.15) is 6.92 Å². The molecule has 0 spiro atoms. The zero-order chi connectivity index (χ0) is 8.97. The van der Waals surface area contributed by atoms with E-state index >= 15 is 0 Å². The van der Waals surface area contributed by atoms with Crippen LogP contribution in [0.2, 0.25) is 0 Å². The molecule has 5 nitrogen and oxygen atoms in total. The lowest BCUT2D eigenvalue weighted by Gasteiger charge is -2.35. The van der Waals surface area contributed by atoms with Crippen LogP contribution in [0.4, 0.5) is 0 Å². The Morgan fingerprint density at radius 2 is 2.08 bits per heavy atom. The second-order valence-corrected chi connectivity index (χ2v) is 3.00. The normalized spacial score (nSPS) is 25.2. The summed E-state index contributed by atoms with van der Waals surface area (Å²) in [5, 5.41) is 9.34. The molecule has 2 unspecified atom stereocenters. The largest absolute Gasteiger partial charge is 0.390 e. The first kappa shape index (κ1) is 9.88. The van der Waals surface area contributed by atoms with Gasteiger partial charge < -0.3 is 9.84 Å². The van der Waals surface area contributed by atoms with Crippen LogP contribution in [0, 0.1) is 0 Å². The molecule has 0 bridgehead atoms. The molecule has 1 saturated heterocycles. The van der Waals surface area contributed by atoms with E-state index in [9.17, 15) is 5.11 Å². The third kappa shape index (κ3) is 2.40. The average Bonchev–Trinajstić information content (AvgIpc) is 2.07. The highest BCUT2D eigenvalue weighted by atomic mass is 16.5. The summed E-state index contributed by atoms with van der Waals surface area (Å²) in [4.78, 5) is 2.08. The molecule has 0 radical (unpaired) electrons. The minimum Gasteiger partial charge on any atom is -0.390 e. The van der Waals surface area contributed by atoms with E-state index in [1.54, 1.807) is 6.92 Å². The Labute approximate surface area is 72.5 Å². The van der Waals surface area contributed by atoms with Gasteiger partial charge in [-0.25, -0.2) is 5.43 Å². The second-order valence-electron chi connectivity index (χ2n) is 3.00. The molecule has 0 aromatic heterocycles. The Hall–Kier alpha value is -0.200. The quantitative estimate of drug-likeness (QED) is 0.359. The van der Waals surface area contributed by atoms with Crippen molar-refractivity contribution in [2.24, 2.45) is 5.84 Å². The van der Waals surface area contributed by atoms with Crippen molar-refractivity contribution >= 4 is 0 Å². The van der Waals surface area contributed by atoms with Crippen LogP contribution < -0.4 is 11.3 Å². The van der Waals surface area contributed by atoms with Crippen LogP contribution >= 0.6 is 0 Å². The SMILES string of the molecule is CC(O)C(NN)N1CCOCC1. The van der Waals surface area contributed by atoms with E-state index in [-0.39, 0.29) is 6.17 Å². The van der Waals surface area contributed by atoms with Crippen LogP contribution in [0.25, 0.3) is 0 Å². The number of morpholine rings is 1. The van der Waals surface area contributed by atoms with E-state index in [0.29, 0.717) is 13.2 Å². The van der Waals surface area contributed by atoms with Gasteiger partial charge in [0.05, 0.1) is 25.5 Å². The molecule has 0 amide bonds. The Morgan fingerprint density at radius 1 is 1.50 bits per heavy atom. The first-order chi connectivity index (χ1) is 5.75. The smallest absolute Gasteiger partial charge is 0.0988 e. The van der Waals surface area contributed by atoms with Crippen LogP contribution in [-0.4, -0.2) is 48.6 Å². The number of nitrogens with zero attached hydrogens (tertiary/aromatic N) is 1. The van der Waals surface area contributed by atoms with Crippen LogP contribution in [0.15, 0.2) is 0 Å². The maximum Gasteiger partial charge on any atom is 0.0988 e. The predicted octanol–water partition coefficient (Wildman–Crippen LogP) is -1.51. The van der Waals surface area contributed by atoms with E-state index in [1.165, 1.54) is 0 Å². The van der Waals surface area contributed by atoms with Gasteiger partial charge in [0.15, 0.2) is 0 Å². The van der Waals surface area contributed by atoms with Crippen molar-refractivity contribution in [2.45, 2.75) is 19.2 Å². The zero-order valence-corrected chi connectivity index (χ0v) is 7.36. The number of hydrogen-bond donors (Lipinski definition) is 3. The predicted molar refractivity (Wildman–Crippen MR) is 45.2 cm³/mol. The maximum atomic E-state index is 9.34. The highest BCUT2D eigenvalue weighted by Gasteiger charge is 2.23. The standard InChI is InChI=1S/C7H17N3O2/c1-6(11)7(9-8)10-2-4-12-5-3-10/h6-7,9,11H,2-5,8H2,1H3. The van der Waals surface area contributed by atoms with Gasteiger partial charge in [-0.2, -0.15) is 0 Å². The lowest BCUT2D eigenvalue weighted by atomic mass is 10.2. The van der Waals surface area contributed by atoms with Crippen molar-refractivity contribution in [1.82, 2.24) is 10.3 Å². The van der Waals surface area contributed by atoms with E-state index < -0.39 is 6.10 Å². The fourth-order valence-electron chi connectivity index (χ4n) is 1.41. The van der Waals surface area contributed by atoms with E-state index in [1.807, 2.05) is 0 Å².